The summed E-state index contributed by atoms with van der Waals surface area (Å²) in [6.45, 7) is -0.591. The van der Waals surface area contributed by atoms with Gasteiger partial charge in [0.2, 0.25) is 6.29 Å². The van der Waals surface area contributed by atoms with E-state index >= 15 is 0 Å². The van der Waals surface area contributed by atoms with E-state index < -0.39 is 67.1 Å². The van der Waals surface area contributed by atoms with E-state index in [1.54, 1.807) is 6.08 Å². The van der Waals surface area contributed by atoms with Crippen LogP contribution < -0.4 is 0 Å². The zero-order valence-corrected chi connectivity index (χ0v) is 14.0. The molecule has 2 fully saturated rings. The summed E-state index contributed by atoms with van der Waals surface area (Å²) in [5.41, 5.74) is -1.45. The van der Waals surface area contributed by atoms with Crippen molar-refractivity contribution < 1.29 is 44.8 Å². The topological polar surface area (TPSA) is 149 Å². The molecule has 0 spiro atoms. The van der Waals surface area contributed by atoms with Gasteiger partial charge in [0, 0.05) is 12.3 Å². The third kappa shape index (κ3) is 3.29. The molecule has 0 bridgehead atoms. The molecular weight excluding hydrogens is 360 g/mol. The second-order valence-electron chi connectivity index (χ2n) is 6.78. The van der Waals surface area contributed by atoms with Crippen LogP contribution in [-0.4, -0.2) is 91.8 Å². The maximum Gasteiger partial charge on any atom is 0.208 e. The van der Waals surface area contributed by atoms with Crippen molar-refractivity contribution in [1.82, 2.24) is 0 Å². The van der Waals surface area contributed by atoms with Crippen LogP contribution in [0.25, 0.3) is 0 Å². The van der Waals surface area contributed by atoms with Crippen LogP contribution >= 0.6 is 11.6 Å². The molecule has 144 valence electrons. The lowest BCUT2D eigenvalue weighted by atomic mass is 9.85. The third-order valence-corrected chi connectivity index (χ3v) is 5.66. The number of aliphatic hydroxyl groups is 6. The van der Waals surface area contributed by atoms with Gasteiger partial charge in [0.15, 0.2) is 6.29 Å². The highest BCUT2D eigenvalue weighted by molar-refractivity contribution is 6.18. The Bertz CT molecular complexity index is 503. The van der Waals surface area contributed by atoms with Crippen LogP contribution in [0.5, 0.6) is 0 Å². The lowest BCUT2D eigenvalue weighted by Crippen LogP contribution is -2.60. The fourth-order valence-electron chi connectivity index (χ4n) is 3.79. The number of halogens is 1. The number of alkyl halides is 1. The summed E-state index contributed by atoms with van der Waals surface area (Å²) in [7, 11) is 0. The standard InChI is InChI=1S/C15H23ClO9/c16-5-15(22)3-7(18)6-1-2-23-13(9(6)15)25-14-12(21)11(20)10(19)8(4-17)24-14/h1-2,6-14,17-22H,3-5H2. The van der Waals surface area contributed by atoms with Crippen LogP contribution in [0.15, 0.2) is 12.3 Å². The van der Waals surface area contributed by atoms with Crippen molar-refractivity contribution in [3.63, 3.8) is 0 Å². The Kier molecular flexibility index (Phi) is 5.60. The molecule has 0 aromatic rings. The summed E-state index contributed by atoms with van der Waals surface area (Å²) in [6.07, 6.45) is -6.22. The van der Waals surface area contributed by atoms with Crippen molar-refractivity contribution in [2.24, 2.45) is 11.8 Å². The fraction of sp³-hybridized carbons (Fsp3) is 0.867. The zero-order chi connectivity index (χ0) is 18.4. The number of ether oxygens (including phenoxy) is 3. The Balaban J connectivity index is 1.78. The van der Waals surface area contributed by atoms with E-state index in [0.29, 0.717) is 0 Å². The van der Waals surface area contributed by atoms with Crippen molar-refractivity contribution in [1.29, 1.82) is 0 Å². The molecule has 1 aliphatic carbocycles. The van der Waals surface area contributed by atoms with Gasteiger partial charge in [-0.1, -0.05) is 0 Å². The molecular formula is C15H23ClO9. The number of hydrogen-bond acceptors (Lipinski definition) is 9. The van der Waals surface area contributed by atoms with Gasteiger partial charge in [-0.2, -0.15) is 0 Å². The Morgan fingerprint density at radius 2 is 1.84 bits per heavy atom. The van der Waals surface area contributed by atoms with Gasteiger partial charge in [0.05, 0.1) is 36.4 Å². The SMILES string of the molecule is OCC1OC(OC2OC=CC3C(O)CC(O)(CCl)C23)C(O)C(O)C1O. The molecule has 10 atom stereocenters. The Morgan fingerprint density at radius 1 is 1.12 bits per heavy atom. The first kappa shape index (κ1) is 19.3. The van der Waals surface area contributed by atoms with Crippen LogP contribution in [0.1, 0.15) is 6.42 Å². The first-order valence-corrected chi connectivity index (χ1v) is 8.60. The van der Waals surface area contributed by atoms with Crippen molar-refractivity contribution in [2.75, 3.05) is 12.5 Å². The number of fused-ring (bicyclic) bond motifs is 1. The van der Waals surface area contributed by atoms with Crippen molar-refractivity contribution >= 4 is 11.6 Å². The van der Waals surface area contributed by atoms with Gasteiger partial charge in [0.1, 0.15) is 24.4 Å². The van der Waals surface area contributed by atoms with E-state index in [2.05, 4.69) is 0 Å². The first-order valence-electron chi connectivity index (χ1n) is 8.07. The molecule has 1 saturated heterocycles. The minimum Gasteiger partial charge on any atom is -0.472 e. The van der Waals surface area contributed by atoms with Crippen molar-refractivity contribution in [3.05, 3.63) is 12.3 Å². The van der Waals surface area contributed by atoms with Gasteiger partial charge in [-0.3, -0.25) is 0 Å². The zero-order valence-electron chi connectivity index (χ0n) is 13.3. The predicted octanol–water partition coefficient (Wildman–Crippen LogP) is -2.36. The van der Waals surface area contributed by atoms with Crippen LogP contribution in [0.2, 0.25) is 0 Å². The molecule has 25 heavy (non-hydrogen) atoms. The largest absolute Gasteiger partial charge is 0.472 e. The molecule has 2 aliphatic heterocycles. The van der Waals surface area contributed by atoms with Gasteiger partial charge >= 0.3 is 0 Å². The monoisotopic (exact) mass is 382 g/mol. The molecule has 0 radical (unpaired) electrons. The number of aliphatic hydroxyl groups excluding tert-OH is 5. The molecule has 3 aliphatic rings. The Hall–Kier alpha value is -0.490. The highest BCUT2D eigenvalue weighted by Crippen LogP contribution is 2.47. The maximum atomic E-state index is 10.7. The molecule has 10 unspecified atom stereocenters. The lowest BCUT2D eigenvalue weighted by molar-refractivity contribution is -0.346. The van der Waals surface area contributed by atoms with E-state index in [1.165, 1.54) is 6.26 Å². The first-order chi connectivity index (χ1) is 11.8. The maximum absolute atomic E-state index is 10.7. The minimum atomic E-state index is -1.60. The molecule has 6 N–H and O–H groups in total. The molecule has 10 heteroatoms. The van der Waals surface area contributed by atoms with Gasteiger partial charge in [-0.05, 0) is 6.08 Å². The Morgan fingerprint density at radius 3 is 2.48 bits per heavy atom. The van der Waals surface area contributed by atoms with Gasteiger partial charge in [-0.25, -0.2) is 0 Å². The van der Waals surface area contributed by atoms with Crippen LogP contribution in [0, 0.1) is 11.8 Å². The van der Waals surface area contributed by atoms with E-state index in [0.717, 1.165) is 0 Å². The molecule has 3 rings (SSSR count). The fourth-order valence-corrected chi connectivity index (χ4v) is 4.07. The molecule has 0 amide bonds. The van der Waals surface area contributed by atoms with E-state index in [1.807, 2.05) is 0 Å². The molecule has 0 aromatic heterocycles. The number of hydrogen-bond donors (Lipinski definition) is 6. The number of rotatable bonds is 4. The normalized spacial score (nSPS) is 52.7. The Labute approximate surface area is 149 Å². The molecule has 0 aromatic carbocycles. The average Bonchev–Trinajstić information content (AvgIpc) is 2.88. The van der Waals surface area contributed by atoms with Crippen LogP contribution in [0.4, 0.5) is 0 Å². The second kappa shape index (κ2) is 7.26. The van der Waals surface area contributed by atoms with Gasteiger partial charge in [-0.15, -0.1) is 11.6 Å². The predicted molar refractivity (Wildman–Crippen MR) is 82.1 cm³/mol. The lowest BCUT2D eigenvalue weighted by Gasteiger charge is -2.43. The second-order valence-corrected chi connectivity index (χ2v) is 7.05. The highest BCUT2D eigenvalue weighted by Gasteiger charge is 2.58. The molecule has 9 nitrogen and oxygen atoms in total. The van der Waals surface area contributed by atoms with E-state index in [9.17, 15) is 30.6 Å². The molecule has 1 saturated carbocycles. The molecule has 2 heterocycles. The van der Waals surface area contributed by atoms with Crippen LogP contribution in [-0.2, 0) is 14.2 Å². The van der Waals surface area contributed by atoms with Gasteiger partial charge < -0.3 is 44.8 Å². The van der Waals surface area contributed by atoms with Crippen molar-refractivity contribution in [2.45, 2.75) is 55.1 Å². The summed E-state index contributed by atoms with van der Waals surface area (Å²) in [6, 6.07) is 0. The van der Waals surface area contributed by atoms with E-state index in [-0.39, 0.29) is 12.3 Å². The summed E-state index contributed by atoms with van der Waals surface area (Å²) >= 11 is 5.88. The average molecular weight is 383 g/mol. The summed E-state index contributed by atoms with van der Waals surface area (Å²) in [5, 5.41) is 59.8. The highest BCUT2D eigenvalue weighted by atomic mass is 35.5. The summed E-state index contributed by atoms with van der Waals surface area (Å²) in [5.74, 6) is -1.35. The van der Waals surface area contributed by atoms with Gasteiger partial charge in [0.25, 0.3) is 0 Å². The minimum absolute atomic E-state index is 0.0358. The quantitative estimate of drug-likeness (QED) is 0.293. The summed E-state index contributed by atoms with van der Waals surface area (Å²) in [4.78, 5) is 0. The van der Waals surface area contributed by atoms with Crippen LogP contribution in [0.3, 0.4) is 0 Å². The smallest absolute Gasteiger partial charge is 0.208 e. The van der Waals surface area contributed by atoms with Crippen molar-refractivity contribution in [3.8, 4) is 0 Å². The third-order valence-electron chi connectivity index (χ3n) is 5.20. The summed E-state index contributed by atoms with van der Waals surface area (Å²) < 4.78 is 16.3. The van der Waals surface area contributed by atoms with E-state index in [4.69, 9.17) is 25.8 Å².